The SMILES string of the molecule is CCCCCNc1nc(C)cc(N2CCN(c3ccccc3OC)CC2)n1. The molecule has 0 spiro atoms. The molecule has 0 amide bonds. The van der Waals surface area contributed by atoms with Gasteiger partial charge in [-0.15, -0.1) is 0 Å². The topological polar surface area (TPSA) is 53.5 Å². The molecule has 1 aromatic heterocycles. The number of para-hydroxylation sites is 2. The number of nitrogens with one attached hydrogen (secondary N) is 1. The third kappa shape index (κ3) is 5.02. The number of benzene rings is 1. The summed E-state index contributed by atoms with van der Waals surface area (Å²) in [4.78, 5) is 14.0. The molecular weight excluding hydrogens is 338 g/mol. The lowest BCUT2D eigenvalue weighted by Crippen LogP contribution is -2.47. The highest BCUT2D eigenvalue weighted by molar-refractivity contribution is 5.59. The zero-order valence-corrected chi connectivity index (χ0v) is 16.7. The van der Waals surface area contributed by atoms with Crippen LogP contribution in [0, 0.1) is 6.92 Å². The van der Waals surface area contributed by atoms with E-state index in [1.165, 1.54) is 12.8 Å². The first-order valence-corrected chi connectivity index (χ1v) is 9.93. The van der Waals surface area contributed by atoms with Gasteiger partial charge < -0.3 is 19.9 Å². The molecule has 1 aliphatic heterocycles. The van der Waals surface area contributed by atoms with E-state index in [2.05, 4.69) is 45.2 Å². The van der Waals surface area contributed by atoms with Crippen LogP contribution in [0.3, 0.4) is 0 Å². The largest absolute Gasteiger partial charge is 0.495 e. The molecule has 146 valence electrons. The number of rotatable bonds is 8. The minimum atomic E-state index is 0.744. The summed E-state index contributed by atoms with van der Waals surface area (Å²) in [6.45, 7) is 8.94. The molecule has 1 fully saturated rings. The van der Waals surface area contributed by atoms with Crippen LogP contribution in [0.15, 0.2) is 30.3 Å². The van der Waals surface area contributed by atoms with Gasteiger partial charge in [0.15, 0.2) is 0 Å². The highest BCUT2D eigenvalue weighted by Gasteiger charge is 2.21. The fraction of sp³-hybridized carbons (Fsp3) is 0.524. The summed E-state index contributed by atoms with van der Waals surface area (Å²) in [5, 5.41) is 3.37. The van der Waals surface area contributed by atoms with E-state index in [1.54, 1.807) is 7.11 Å². The number of methoxy groups -OCH3 is 1. The van der Waals surface area contributed by atoms with Crippen LogP contribution < -0.4 is 19.9 Å². The molecule has 1 aliphatic rings. The first-order chi connectivity index (χ1) is 13.2. The van der Waals surface area contributed by atoms with Gasteiger partial charge in [-0.3, -0.25) is 0 Å². The zero-order valence-electron chi connectivity index (χ0n) is 16.7. The average Bonchev–Trinajstić information content (AvgIpc) is 2.71. The number of ether oxygens (including phenoxy) is 1. The van der Waals surface area contributed by atoms with Crippen molar-refractivity contribution in [3.8, 4) is 5.75 Å². The monoisotopic (exact) mass is 369 g/mol. The van der Waals surface area contributed by atoms with Crippen LogP contribution in [0.2, 0.25) is 0 Å². The van der Waals surface area contributed by atoms with Gasteiger partial charge in [-0.25, -0.2) is 4.98 Å². The summed E-state index contributed by atoms with van der Waals surface area (Å²) in [5.41, 5.74) is 2.17. The van der Waals surface area contributed by atoms with Gasteiger partial charge in [-0.1, -0.05) is 31.9 Å². The molecule has 1 N–H and O–H groups in total. The normalized spacial score (nSPS) is 14.3. The molecule has 3 rings (SSSR count). The molecule has 0 bridgehead atoms. The third-order valence-electron chi connectivity index (χ3n) is 4.93. The maximum absolute atomic E-state index is 5.51. The second kappa shape index (κ2) is 9.44. The molecule has 0 atom stereocenters. The first kappa shape index (κ1) is 19.3. The van der Waals surface area contributed by atoms with Crippen molar-refractivity contribution in [1.29, 1.82) is 0 Å². The Bertz CT molecular complexity index is 728. The van der Waals surface area contributed by atoms with Crippen molar-refractivity contribution in [3.63, 3.8) is 0 Å². The number of aromatic nitrogens is 2. The predicted molar refractivity (Wildman–Crippen MR) is 112 cm³/mol. The van der Waals surface area contributed by atoms with Crippen molar-refractivity contribution in [2.24, 2.45) is 0 Å². The Balaban J connectivity index is 1.62. The molecule has 0 saturated carbocycles. The number of hydrogen-bond acceptors (Lipinski definition) is 6. The van der Waals surface area contributed by atoms with Gasteiger partial charge in [0.1, 0.15) is 11.6 Å². The van der Waals surface area contributed by atoms with Gasteiger partial charge in [0.05, 0.1) is 12.8 Å². The zero-order chi connectivity index (χ0) is 19.1. The Morgan fingerprint density at radius 3 is 2.52 bits per heavy atom. The summed E-state index contributed by atoms with van der Waals surface area (Å²) in [6.07, 6.45) is 3.61. The van der Waals surface area contributed by atoms with Crippen LogP contribution in [0.5, 0.6) is 5.75 Å². The highest BCUT2D eigenvalue weighted by atomic mass is 16.5. The Morgan fingerprint density at radius 2 is 1.78 bits per heavy atom. The lowest BCUT2D eigenvalue weighted by molar-refractivity contribution is 0.413. The quantitative estimate of drug-likeness (QED) is 0.716. The van der Waals surface area contributed by atoms with Crippen LogP contribution >= 0.6 is 0 Å². The predicted octanol–water partition coefficient (Wildman–Crippen LogP) is 3.72. The van der Waals surface area contributed by atoms with Gasteiger partial charge in [-0.2, -0.15) is 4.98 Å². The Morgan fingerprint density at radius 1 is 1.04 bits per heavy atom. The van der Waals surface area contributed by atoms with Crippen molar-refractivity contribution in [3.05, 3.63) is 36.0 Å². The third-order valence-corrected chi connectivity index (χ3v) is 4.93. The fourth-order valence-corrected chi connectivity index (χ4v) is 3.44. The summed E-state index contributed by atoms with van der Waals surface area (Å²) < 4.78 is 5.51. The summed E-state index contributed by atoms with van der Waals surface area (Å²) in [7, 11) is 1.73. The second-order valence-electron chi connectivity index (χ2n) is 6.97. The van der Waals surface area contributed by atoms with Gasteiger partial charge in [0.25, 0.3) is 0 Å². The Labute approximate surface area is 162 Å². The number of nitrogens with zero attached hydrogens (tertiary/aromatic N) is 4. The van der Waals surface area contributed by atoms with Crippen molar-refractivity contribution in [2.45, 2.75) is 33.1 Å². The summed E-state index contributed by atoms with van der Waals surface area (Å²) >= 11 is 0. The van der Waals surface area contributed by atoms with Crippen molar-refractivity contribution < 1.29 is 4.74 Å². The minimum absolute atomic E-state index is 0.744. The second-order valence-corrected chi connectivity index (χ2v) is 6.97. The van der Waals surface area contributed by atoms with E-state index in [1.807, 2.05) is 19.1 Å². The maximum Gasteiger partial charge on any atom is 0.224 e. The Hall–Kier alpha value is -2.50. The van der Waals surface area contributed by atoms with E-state index in [0.717, 1.165) is 68.0 Å². The van der Waals surface area contributed by atoms with E-state index >= 15 is 0 Å². The van der Waals surface area contributed by atoms with Gasteiger partial charge in [0, 0.05) is 44.5 Å². The molecule has 6 nitrogen and oxygen atoms in total. The molecular formula is C21H31N5O. The van der Waals surface area contributed by atoms with Crippen molar-refractivity contribution >= 4 is 17.5 Å². The minimum Gasteiger partial charge on any atom is -0.495 e. The number of unbranched alkanes of at least 4 members (excludes halogenated alkanes) is 2. The number of aryl methyl sites for hydroxylation is 1. The molecule has 1 saturated heterocycles. The van der Waals surface area contributed by atoms with Crippen LogP contribution in [0.4, 0.5) is 17.5 Å². The highest BCUT2D eigenvalue weighted by Crippen LogP contribution is 2.29. The lowest BCUT2D eigenvalue weighted by atomic mass is 10.2. The van der Waals surface area contributed by atoms with E-state index in [0.29, 0.717) is 0 Å². The number of hydrogen-bond donors (Lipinski definition) is 1. The molecule has 0 unspecified atom stereocenters. The van der Waals surface area contributed by atoms with E-state index in [-0.39, 0.29) is 0 Å². The van der Waals surface area contributed by atoms with Gasteiger partial charge in [0.2, 0.25) is 5.95 Å². The van der Waals surface area contributed by atoms with Crippen molar-refractivity contribution in [2.75, 3.05) is 55.0 Å². The molecule has 0 aliphatic carbocycles. The summed E-state index contributed by atoms with van der Waals surface area (Å²) in [6, 6.07) is 10.3. The van der Waals surface area contributed by atoms with Crippen LogP contribution in [0.1, 0.15) is 31.9 Å². The molecule has 2 aromatic rings. The van der Waals surface area contributed by atoms with E-state index in [4.69, 9.17) is 9.72 Å². The number of anilines is 3. The molecule has 0 radical (unpaired) electrons. The standard InChI is InChI=1S/C21H31N5O/c1-4-5-8-11-22-21-23-17(2)16-20(24-21)26-14-12-25(13-15-26)18-9-6-7-10-19(18)27-3/h6-7,9-10,16H,4-5,8,11-15H2,1-3H3,(H,22,23,24). The Kier molecular flexibility index (Phi) is 6.74. The fourth-order valence-electron chi connectivity index (χ4n) is 3.44. The molecule has 2 heterocycles. The van der Waals surface area contributed by atoms with Crippen LogP contribution in [-0.2, 0) is 0 Å². The van der Waals surface area contributed by atoms with E-state index in [9.17, 15) is 0 Å². The van der Waals surface area contributed by atoms with Crippen LogP contribution in [-0.4, -0.2) is 49.8 Å². The lowest BCUT2D eigenvalue weighted by Gasteiger charge is -2.37. The molecule has 27 heavy (non-hydrogen) atoms. The van der Waals surface area contributed by atoms with Gasteiger partial charge in [-0.05, 0) is 25.5 Å². The molecule has 6 heteroatoms. The van der Waals surface area contributed by atoms with Gasteiger partial charge >= 0.3 is 0 Å². The van der Waals surface area contributed by atoms with Crippen molar-refractivity contribution in [1.82, 2.24) is 9.97 Å². The average molecular weight is 370 g/mol. The van der Waals surface area contributed by atoms with E-state index < -0.39 is 0 Å². The molecule has 1 aromatic carbocycles. The number of piperazine rings is 1. The first-order valence-electron chi connectivity index (χ1n) is 9.93. The summed E-state index contributed by atoms with van der Waals surface area (Å²) in [5.74, 6) is 2.69. The smallest absolute Gasteiger partial charge is 0.224 e. The van der Waals surface area contributed by atoms with Crippen LogP contribution in [0.25, 0.3) is 0 Å². The maximum atomic E-state index is 5.51.